The van der Waals surface area contributed by atoms with E-state index in [-0.39, 0.29) is 0 Å². The Balaban J connectivity index is 1.54. The van der Waals surface area contributed by atoms with Crippen molar-refractivity contribution in [2.24, 2.45) is 0 Å². The molecule has 0 radical (unpaired) electrons. The van der Waals surface area contributed by atoms with Crippen molar-refractivity contribution in [2.45, 2.75) is 265 Å². The van der Waals surface area contributed by atoms with Crippen molar-refractivity contribution in [3.8, 4) is 0 Å². The first kappa shape index (κ1) is 46.6. The Morgan fingerprint density at radius 2 is 0.750 bits per heavy atom. The van der Waals surface area contributed by atoms with Gasteiger partial charge in [0.15, 0.2) is 0 Å². The van der Waals surface area contributed by atoms with Crippen LogP contribution >= 0.6 is 0 Å². The van der Waals surface area contributed by atoms with E-state index in [1.165, 1.54) is 250 Å². The van der Waals surface area contributed by atoms with Crippen LogP contribution in [0.15, 0.2) is 42.7 Å². The third-order valence-electron chi connectivity index (χ3n) is 11.8. The van der Waals surface area contributed by atoms with Crippen molar-refractivity contribution < 1.29 is 4.57 Å². The number of unbranched alkanes of at least 4 members (excludes halogenated alkanes) is 32. The molecule has 1 heterocycles. The molecule has 0 aliphatic rings. The molecular weight excluding hydrogens is 629 g/mol. The monoisotopic (exact) mass is 720 g/mol. The number of rotatable bonds is 40. The van der Waals surface area contributed by atoms with Gasteiger partial charge in [-0.15, -0.1) is 0 Å². The van der Waals surface area contributed by atoms with Crippen LogP contribution in [0.4, 0.5) is 0 Å². The summed E-state index contributed by atoms with van der Waals surface area (Å²) in [7, 11) is 0. The van der Waals surface area contributed by atoms with Gasteiger partial charge in [0, 0.05) is 6.42 Å². The molecule has 52 heavy (non-hydrogen) atoms. The minimum absolute atomic E-state index is 1.15. The summed E-state index contributed by atoms with van der Waals surface area (Å²) in [5, 5.41) is 0. The predicted octanol–water partition coefficient (Wildman–Crippen LogP) is 16.3. The molecule has 0 aliphatic carbocycles. The molecule has 1 aromatic carbocycles. The minimum Gasteiger partial charge on any atom is -0.234 e. The van der Waals surface area contributed by atoms with Gasteiger partial charge in [0.25, 0.3) is 5.82 Å². The smallest absolute Gasteiger partial charge is 0.234 e. The zero-order chi connectivity index (χ0) is 36.8. The first-order valence-electron chi connectivity index (χ1n) is 24.0. The van der Waals surface area contributed by atoms with E-state index in [0.717, 1.165) is 6.54 Å². The Kier molecular flexibility index (Phi) is 32.6. The summed E-state index contributed by atoms with van der Waals surface area (Å²) in [6.07, 6.45) is 57.5. The maximum Gasteiger partial charge on any atom is 0.256 e. The number of imidazole rings is 1. The van der Waals surface area contributed by atoms with Crippen molar-refractivity contribution in [3.05, 3.63) is 54.1 Å². The average molecular weight is 720 g/mol. The van der Waals surface area contributed by atoms with Gasteiger partial charge in [0.1, 0.15) is 12.4 Å². The Morgan fingerprint density at radius 3 is 1.15 bits per heavy atom. The number of hydrogen-bond donors (Lipinski definition) is 0. The predicted molar refractivity (Wildman–Crippen MR) is 231 cm³/mol. The van der Waals surface area contributed by atoms with E-state index < -0.39 is 0 Å². The Morgan fingerprint density at radius 1 is 0.385 bits per heavy atom. The molecule has 0 saturated carbocycles. The normalized spacial score (nSPS) is 11.6. The van der Waals surface area contributed by atoms with Gasteiger partial charge in [-0.1, -0.05) is 243 Å². The van der Waals surface area contributed by atoms with E-state index in [1.807, 2.05) is 0 Å². The molecule has 2 aromatic rings. The summed E-state index contributed by atoms with van der Waals surface area (Å²) in [5.41, 5.74) is 1.47. The SMILES string of the molecule is CCCCCCCCCCCCCCCCCCCc1n(CCCCCCCCCCCCCCCCCCC)cc[n+]1CCCc1ccccc1. The summed E-state index contributed by atoms with van der Waals surface area (Å²) < 4.78 is 5.23. The number of hydrogen-bond acceptors (Lipinski definition) is 0. The van der Waals surface area contributed by atoms with E-state index in [2.05, 4.69) is 65.7 Å². The van der Waals surface area contributed by atoms with Crippen LogP contribution in [0.1, 0.15) is 250 Å². The van der Waals surface area contributed by atoms with Gasteiger partial charge in [-0.25, -0.2) is 9.13 Å². The molecule has 1 aromatic heterocycles. The quantitative estimate of drug-likeness (QED) is 0.0479. The van der Waals surface area contributed by atoms with Gasteiger partial charge < -0.3 is 0 Å². The van der Waals surface area contributed by atoms with Crippen LogP contribution in [0, 0.1) is 0 Å². The number of aromatic nitrogens is 2. The number of benzene rings is 1. The van der Waals surface area contributed by atoms with Crippen LogP contribution in [-0.4, -0.2) is 4.57 Å². The Labute approximate surface area is 326 Å². The second-order valence-electron chi connectivity index (χ2n) is 16.8. The molecule has 0 fully saturated rings. The fourth-order valence-electron chi connectivity index (χ4n) is 8.31. The zero-order valence-corrected chi connectivity index (χ0v) is 35.5. The van der Waals surface area contributed by atoms with Crippen LogP contribution in [0.5, 0.6) is 0 Å². The van der Waals surface area contributed by atoms with Crippen molar-refractivity contribution in [1.29, 1.82) is 0 Å². The lowest BCUT2D eigenvalue weighted by molar-refractivity contribution is -0.704. The summed E-state index contributed by atoms with van der Waals surface area (Å²) in [4.78, 5) is 0. The van der Waals surface area contributed by atoms with Crippen LogP contribution < -0.4 is 4.57 Å². The highest BCUT2D eigenvalue weighted by molar-refractivity contribution is 5.14. The van der Waals surface area contributed by atoms with E-state index in [4.69, 9.17) is 0 Å². The van der Waals surface area contributed by atoms with E-state index in [0.29, 0.717) is 0 Å². The fourth-order valence-corrected chi connectivity index (χ4v) is 8.31. The summed E-state index contributed by atoms with van der Waals surface area (Å²) >= 11 is 0. The maximum absolute atomic E-state index is 2.63. The molecule has 0 spiro atoms. The van der Waals surface area contributed by atoms with Crippen molar-refractivity contribution in [1.82, 2.24) is 4.57 Å². The topological polar surface area (TPSA) is 8.81 Å². The molecule has 0 aliphatic heterocycles. The van der Waals surface area contributed by atoms with Crippen LogP contribution in [0.3, 0.4) is 0 Å². The third-order valence-corrected chi connectivity index (χ3v) is 11.8. The minimum atomic E-state index is 1.15. The van der Waals surface area contributed by atoms with Crippen LogP contribution in [0.2, 0.25) is 0 Å². The van der Waals surface area contributed by atoms with Crippen LogP contribution in [-0.2, 0) is 25.9 Å². The second-order valence-corrected chi connectivity index (χ2v) is 16.8. The third kappa shape index (κ3) is 27.1. The molecule has 2 nitrogen and oxygen atoms in total. The molecule has 0 saturated heterocycles. The van der Waals surface area contributed by atoms with Gasteiger partial charge in [0.05, 0.1) is 13.1 Å². The highest BCUT2D eigenvalue weighted by atomic mass is 15.1. The van der Waals surface area contributed by atoms with Crippen molar-refractivity contribution >= 4 is 0 Å². The standard InChI is InChI=1S/C50H91N2/c1-3-5-7-9-11-13-15-17-19-21-23-25-27-29-31-33-38-44-50-51(47-48-52(50)46-40-43-49-41-36-35-37-42-49)45-39-34-32-30-28-26-24-22-20-18-16-14-12-10-8-6-4-2/h35-37,41-42,47-48H,3-34,38-40,43-46H2,1-2H3/q+1. The van der Waals surface area contributed by atoms with Gasteiger partial charge in [-0.2, -0.15) is 0 Å². The molecule has 0 unspecified atom stereocenters. The number of nitrogens with zero attached hydrogens (tertiary/aromatic N) is 2. The van der Waals surface area contributed by atoms with Crippen molar-refractivity contribution in [3.63, 3.8) is 0 Å². The number of aryl methyl sites for hydroxylation is 3. The van der Waals surface area contributed by atoms with E-state index in [1.54, 1.807) is 5.82 Å². The Bertz CT molecular complexity index is 977. The van der Waals surface area contributed by atoms with Crippen LogP contribution in [0.25, 0.3) is 0 Å². The van der Waals surface area contributed by atoms with Gasteiger partial charge in [0.2, 0.25) is 0 Å². The maximum atomic E-state index is 2.63. The fraction of sp³-hybridized carbons (Fsp3) is 0.820. The lowest BCUT2D eigenvalue weighted by atomic mass is 10.0. The molecule has 2 rings (SSSR count). The first-order chi connectivity index (χ1) is 25.8. The molecule has 0 atom stereocenters. The summed E-state index contributed by atoms with van der Waals surface area (Å²) in [6, 6.07) is 11.1. The van der Waals surface area contributed by atoms with E-state index in [9.17, 15) is 0 Å². The van der Waals surface area contributed by atoms with E-state index >= 15 is 0 Å². The largest absolute Gasteiger partial charge is 0.256 e. The average Bonchev–Trinajstić information content (AvgIpc) is 3.55. The summed E-state index contributed by atoms with van der Waals surface area (Å²) in [5.74, 6) is 1.59. The highest BCUT2D eigenvalue weighted by Gasteiger charge is 2.16. The molecule has 0 N–H and O–H groups in total. The highest BCUT2D eigenvalue weighted by Crippen LogP contribution is 2.17. The second kappa shape index (κ2) is 36.4. The molecule has 2 heteroatoms. The Hall–Kier alpha value is -1.57. The first-order valence-corrected chi connectivity index (χ1v) is 24.0. The van der Waals surface area contributed by atoms with Crippen molar-refractivity contribution in [2.75, 3.05) is 0 Å². The molecular formula is C50H91N2+. The zero-order valence-electron chi connectivity index (χ0n) is 35.5. The lowest BCUT2D eigenvalue weighted by Crippen LogP contribution is -2.37. The molecule has 0 amide bonds. The molecule has 0 bridgehead atoms. The molecule has 300 valence electrons. The van der Waals surface area contributed by atoms with Gasteiger partial charge >= 0.3 is 0 Å². The van der Waals surface area contributed by atoms with Gasteiger partial charge in [-0.3, -0.25) is 0 Å². The van der Waals surface area contributed by atoms with Gasteiger partial charge in [-0.05, 0) is 37.7 Å². The lowest BCUT2D eigenvalue weighted by Gasteiger charge is -2.07. The summed E-state index contributed by atoms with van der Waals surface area (Å²) in [6.45, 7) is 6.98.